The molecule has 0 aromatic rings. The standard InChI is InChI=1S/C14H27N3O/c1-16-7-9-17(10-8-16)6-5-15-13-4-11-18-14(13)12-2-3-12/h12-15H,2-11H2,1H3. The van der Waals surface area contributed by atoms with E-state index in [9.17, 15) is 0 Å². The summed E-state index contributed by atoms with van der Waals surface area (Å²) in [5.41, 5.74) is 0. The van der Waals surface area contributed by atoms with Crippen molar-refractivity contribution in [1.29, 1.82) is 0 Å². The predicted octanol–water partition coefficient (Wildman–Crippen LogP) is 0.391. The third-order valence-corrected chi connectivity index (χ3v) is 4.65. The van der Waals surface area contributed by atoms with E-state index in [0.717, 1.165) is 19.1 Å². The van der Waals surface area contributed by atoms with Gasteiger partial charge in [0.25, 0.3) is 0 Å². The first-order chi connectivity index (χ1) is 8.83. The van der Waals surface area contributed by atoms with Gasteiger partial charge in [0.2, 0.25) is 0 Å². The second-order valence-corrected chi connectivity index (χ2v) is 6.17. The van der Waals surface area contributed by atoms with Crippen molar-refractivity contribution in [3.8, 4) is 0 Å². The van der Waals surface area contributed by atoms with Gasteiger partial charge in [-0.25, -0.2) is 0 Å². The Hall–Kier alpha value is -0.160. The monoisotopic (exact) mass is 253 g/mol. The number of likely N-dealkylation sites (N-methyl/N-ethyl adjacent to an activating group) is 1. The SMILES string of the molecule is CN1CCN(CCNC2CCOC2C2CC2)CC1. The zero-order chi connectivity index (χ0) is 12.4. The third-order valence-electron chi connectivity index (χ3n) is 4.65. The molecule has 3 rings (SSSR count). The van der Waals surface area contributed by atoms with E-state index in [4.69, 9.17) is 4.74 Å². The Bertz CT molecular complexity index is 262. The minimum absolute atomic E-state index is 0.525. The normalized spacial score (nSPS) is 35.2. The summed E-state index contributed by atoms with van der Waals surface area (Å²) in [7, 11) is 2.21. The topological polar surface area (TPSA) is 27.7 Å². The minimum atomic E-state index is 0.525. The number of hydrogen-bond donors (Lipinski definition) is 1. The Morgan fingerprint density at radius 1 is 1.11 bits per heavy atom. The van der Waals surface area contributed by atoms with E-state index in [1.165, 1.54) is 52.0 Å². The van der Waals surface area contributed by atoms with Crippen LogP contribution in [0.15, 0.2) is 0 Å². The maximum absolute atomic E-state index is 5.86. The summed E-state index contributed by atoms with van der Waals surface area (Å²) < 4.78 is 5.86. The third kappa shape index (κ3) is 3.23. The Balaban J connectivity index is 1.34. The molecule has 104 valence electrons. The van der Waals surface area contributed by atoms with Crippen LogP contribution in [0.25, 0.3) is 0 Å². The highest BCUT2D eigenvalue weighted by atomic mass is 16.5. The molecule has 0 aromatic carbocycles. The van der Waals surface area contributed by atoms with Crippen LogP contribution in [0.1, 0.15) is 19.3 Å². The number of rotatable bonds is 5. The van der Waals surface area contributed by atoms with Gasteiger partial charge in [-0.1, -0.05) is 0 Å². The van der Waals surface area contributed by atoms with E-state index in [0.29, 0.717) is 12.1 Å². The van der Waals surface area contributed by atoms with Gasteiger partial charge < -0.3 is 15.0 Å². The van der Waals surface area contributed by atoms with Crippen LogP contribution in [0.2, 0.25) is 0 Å². The van der Waals surface area contributed by atoms with E-state index in [1.54, 1.807) is 0 Å². The van der Waals surface area contributed by atoms with E-state index >= 15 is 0 Å². The van der Waals surface area contributed by atoms with Gasteiger partial charge in [0, 0.05) is 51.9 Å². The molecule has 4 heteroatoms. The van der Waals surface area contributed by atoms with Crippen LogP contribution in [-0.4, -0.2) is 74.9 Å². The Morgan fingerprint density at radius 2 is 1.89 bits per heavy atom. The zero-order valence-electron chi connectivity index (χ0n) is 11.6. The molecule has 2 aliphatic heterocycles. The van der Waals surface area contributed by atoms with Crippen molar-refractivity contribution in [2.24, 2.45) is 5.92 Å². The maximum Gasteiger partial charge on any atom is 0.0756 e. The highest BCUT2D eigenvalue weighted by Crippen LogP contribution is 2.38. The van der Waals surface area contributed by atoms with Crippen LogP contribution >= 0.6 is 0 Å². The molecule has 4 nitrogen and oxygen atoms in total. The van der Waals surface area contributed by atoms with Crippen LogP contribution in [0.4, 0.5) is 0 Å². The molecule has 1 aliphatic carbocycles. The van der Waals surface area contributed by atoms with Gasteiger partial charge in [-0.15, -0.1) is 0 Å². The second kappa shape index (κ2) is 5.87. The van der Waals surface area contributed by atoms with Gasteiger partial charge in [-0.3, -0.25) is 4.90 Å². The lowest BCUT2D eigenvalue weighted by molar-refractivity contribution is 0.0798. The van der Waals surface area contributed by atoms with E-state index < -0.39 is 0 Å². The molecule has 1 N–H and O–H groups in total. The van der Waals surface area contributed by atoms with Crippen LogP contribution in [0, 0.1) is 5.92 Å². The average Bonchev–Trinajstić information content (AvgIpc) is 3.12. The molecule has 0 spiro atoms. The van der Waals surface area contributed by atoms with Gasteiger partial charge in [-0.05, 0) is 32.2 Å². The molecule has 2 saturated heterocycles. The van der Waals surface area contributed by atoms with E-state index in [-0.39, 0.29) is 0 Å². The molecule has 2 heterocycles. The number of hydrogen-bond acceptors (Lipinski definition) is 4. The average molecular weight is 253 g/mol. The summed E-state index contributed by atoms with van der Waals surface area (Å²) in [6, 6.07) is 0.630. The smallest absolute Gasteiger partial charge is 0.0756 e. The van der Waals surface area contributed by atoms with Crippen molar-refractivity contribution in [3.63, 3.8) is 0 Å². The van der Waals surface area contributed by atoms with Crippen molar-refractivity contribution in [2.45, 2.75) is 31.4 Å². The van der Waals surface area contributed by atoms with Crippen molar-refractivity contribution in [1.82, 2.24) is 15.1 Å². The molecule has 3 aliphatic rings. The van der Waals surface area contributed by atoms with Gasteiger partial charge in [-0.2, -0.15) is 0 Å². The van der Waals surface area contributed by atoms with Crippen molar-refractivity contribution < 1.29 is 4.74 Å². The summed E-state index contributed by atoms with van der Waals surface area (Å²) in [6.07, 6.45) is 4.52. The van der Waals surface area contributed by atoms with Crippen LogP contribution < -0.4 is 5.32 Å². The van der Waals surface area contributed by atoms with Crippen molar-refractivity contribution >= 4 is 0 Å². The second-order valence-electron chi connectivity index (χ2n) is 6.17. The fourth-order valence-corrected chi connectivity index (χ4v) is 3.20. The molecule has 2 atom stereocenters. The highest BCUT2D eigenvalue weighted by molar-refractivity contribution is 4.93. The molecular weight excluding hydrogens is 226 g/mol. The van der Waals surface area contributed by atoms with E-state index in [2.05, 4.69) is 22.2 Å². The maximum atomic E-state index is 5.86. The number of nitrogens with zero attached hydrogens (tertiary/aromatic N) is 2. The van der Waals surface area contributed by atoms with Gasteiger partial charge in [0.1, 0.15) is 0 Å². The van der Waals surface area contributed by atoms with E-state index in [1.807, 2.05) is 0 Å². The minimum Gasteiger partial charge on any atom is -0.376 e. The Labute approximate surface area is 111 Å². The molecule has 0 amide bonds. The van der Waals surface area contributed by atoms with Crippen molar-refractivity contribution in [3.05, 3.63) is 0 Å². The summed E-state index contributed by atoms with van der Waals surface area (Å²) >= 11 is 0. The Morgan fingerprint density at radius 3 is 2.61 bits per heavy atom. The molecule has 18 heavy (non-hydrogen) atoms. The van der Waals surface area contributed by atoms with Gasteiger partial charge >= 0.3 is 0 Å². The molecule has 0 aromatic heterocycles. The lowest BCUT2D eigenvalue weighted by atomic mass is 10.1. The quantitative estimate of drug-likeness (QED) is 0.767. The predicted molar refractivity (Wildman–Crippen MR) is 72.8 cm³/mol. The lowest BCUT2D eigenvalue weighted by Gasteiger charge is -2.32. The largest absolute Gasteiger partial charge is 0.376 e. The van der Waals surface area contributed by atoms with Gasteiger partial charge in [0.05, 0.1) is 6.10 Å². The van der Waals surface area contributed by atoms with Crippen LogP contribution in [-0.2, 0) is 4.74 Å². The fourth-order valence-electron chi connectivity index (χ4n) is 3.20. The summed E-state index contributed by atoms with van der Waals surface area (Å²) in [5, 5.41) is 3.73. The summed E-state index contributed by atoms with van der Waals surface area (Å²) in [5.74, 6) is 0.869. The number of nitrogens with one attached hydrogen (secondary N) is 1. The lowest BCUT2D eigenvalue weighted by Crippen LogP contribution is -2.48. The molecule has 3 fully saturated rings. The molecule has 0 bridgehead atoms. The molecular formula is C14H27N3O. The Kier molecular flexibility index (Phi) is 4.19. The number of ether oxygens (including phenoxy) is 1. The van der Waals surface area contributed by atoms with Gasteiger partial charge in [0.15, 0.2) is 0 Å². The van der Waals surface area contributed by atoms with Crippen molar-refractivity contribution in [2.75, 3.05) is 52.9 Å². The van der Waals surface area contributed by atoms with Crippen LogP contribution in [0.5, 0.6) is 0 Å². The fraction of sp³-hybridized carbons (Fsp3) is 1.00. The first-order valence-electron chi connectivity index (χ1n) is 7.59. The molecule has 2 unspecified atom stereocenters. The number of piperazine rings is 1. The summed E-state index contributed by atoms with van der Waals surface area (Å²) in [4.78, 5) is 4.99. The summed E-state index contributed by atoms with van der Waals surface area (Å²) in [6.45, 7) is 8.18. The van der Waals surface area contributed by atoms with Crippen LogP contribution in [0.3, 0.4) is 0 Å². The first kappa shape index (κ1) is 12.9. The molecule has 0 radical (unpaired) electrons. The first-order valence-corrected chi connectivity index (χ1v) is 7.59. The highest BCUT2D eigenvalue weighted by Gasteiger charge is 2.40. The molecule has 1 saturated carbocycles. The zero-order valence-corrected chi connectivity index (χ0v) is 11.6.